The van der Waals surface area contributed by atoms with E-state index in [0.717, 1.165) is 11.8 Å². The van der Waals surface area contributed by atoms with E-state index in [-0.39, 0.29) is 6.54 Å². The molecule has 0 spiro atoms. The highest BCUT2D eigenvalue weighted by molar-refractivity contribution is 8.02. The number of thioether (sulfide) groups is 1. The predicted molar refractivity (Wildman–Crippen MR) is 61.0 cm³/mol. The number of carboxylic acid groups (broad SMARTS) is 2. The maximum Gasteiger partial charge on any atom is 0.417 e. The van der Waals surface area contributed by atoms with E-state index in [4.69, 9.17) is 5.11 Å². The van der Waals surface area contributed by atoms with E-state index < -0.39 is 27.7 Å². The van der Waals surface area contributed by atoms with E-state index in [0.29, 0.717) is 4.90 Å². The number of aliphatic carboxylic acids is 1. The third-order valence-electron chi connectivity index (χ3n) is 2.04. The summed E-state index contributed by atoms with van der Waals surface area (Å²) in [4.78, 5) is 32.3. The first-order valence-corrected chi connectivity index (χ1v) is 5.66. The Bertz CT molecular complexity index is 378. The van der Waals surface area contributed by atoms with Crippen molar-refractivity contribution in [3.05, 3.63) is 0 Å². The van der Waals surface area contributed by atoms with Crippen LogP contribution in [-0.2, 0) is 4.79 Å². The van der Waals surface area contributed by atoms with Crippen molar-refractivity contribution in [3.63, 3.8) is 0 Å². The molecule has 1 atom stereocenters. The molecule has 0 aromatic heterocycles. The van der Waals surface area contributed by atoms with Crippen LogP contribution in [0.25, 0.3) is 0 Å². The zero-order valence-electron chi connectivity index (χ0n) is 9.68. The zero-order valence-corrected chi connectivity index (χ0v) is 10.5. The summed E-state index contributed by atoms with van der Waals surface area (Å²) in [5.41, 5.74) is 0. The van der Waals surface area contributed by atoms with Crippen LogP contribution in [0.4, 0.5) is 9.59 Å². The molecule has 3 N–H and O–H groups in total. The van der Waals surface area contributed by atoms with Crippen molar-refractivity contribution in [2.24, 2.45) is 0 Å². The summed E-state index contributed by atoms with van der Waals surface area (Å²) >= 11 is 0.922. The number of nitrogens with zero attached hydrogens (tertiary/aromatic N) is 1. The van der Waals surface area contributed by atoms with E-state index in [1.165, 1.54) is 0 Å². The molecule has 1 unspecified atom stereocenters. The van der Waals surface area contributed by atoms with Crippen molar-refractivity contribution < 1.29 is 24.6 Å². The molecular weight excluding hydrogens is 248 g/mol. The number of urea groups is 1. The number of carbonyl (C=O) groups excluding carboxylic acids is 1. The van der Waals surface area contributed by atoms with Gasteiger partial charge in [-0.1, -0.05) is 20.8 Å². The van der Waals surface area contributed by atoms with Gasteiger partial charge in [0.15, 0.2) is 0 Å². The Kier molecular flexibility index (Phi) is 3.28. The number of imide groups is 1. The molecule has 3 amide bonds. The van der Waals surface area contributed by atoms with Crippen molar-refractivity contribution in [3.8, 4) is 0 Å². The Labute approximate surface area is 102 Å². The van der Waals surface area contributed by atoms with Crippen LogP contribution in [0.3, 0.4) is 0 Å². The molecule has 0 aliphatic carbocycles. The first-order valence-electron chi connectivity index (χ1n) is 4.85. The van der Waals surface area contributed by atoms with Gasteiger partial charge in [-0.3, -0.25) is 0 Å². The Morgan fingerprint density at radius 1 is 1.41 bits per heavy atom. The third kappa shape index (κ3) is 2.46. The number of carbonyl (C=O) groups is 3. The van der Waals surface area contributed by atoms with Crippen molar-refractivity contribution in [1.82, 2.24) is 10.2 Å². The number of hydrogen-bond acceptors (Lipinski definition) is 4. The lowest BCUT2D eigenvalue weighted by molar-refractivity contribution is -0.142. The van der Waals surface area contributed by atoms with Crippen molar-refractivity contribution >= 4 is 29.9 Å². The lowest BCUT2D eigenvalue weighted by atomic mass is 10.2. The van der Waals surface area contributed by atoms with Gasteiger partial charge in [0.1, 0.15) is 0 Å². The minimum absolute atomic E-state index is 0.241. The predicted octanol–water partition coefficient (Wildman–Crippen LogP) is 1.00. The Balaban J connectivity index is 3.20. The average molecular weight is 262 g/mol. The van der Waals surface area contributed by atoms with Gasteiger partial charge in [0.2, 0.25) is 4.87 Å². The van der Waals surface area contributed by atoms with Gasteiger partial charge in [-0.05, 0) is 0 Å². The topological polar surface area (TPSA) is 107 Å². The molecule has 1 rings (SSSR count). The van der Waals surface area contributed by atoms with E-state index >= 15 is 0 Å². The SMILES string of the molecule is CC(C)(C)SC1(C(=O)O)CNC(=O)N1C(=O)O. The summed E-state index contributed by atoms with van der Waals surface area (Å²) < 4.78 is -0.502. The second-order valence-corrected chi connectivity index (χ2v) is 6.68. The van der Waals surface area contributed by atoms with Crippen LogP contribution in [0.1, 0.15) is 20.8 Å². The summed E-state index contributed by atoms with van der Waals surface area (Å²) in [6.45, 7) is 5.02. The van der Waals surface area contributed by atoms with Gasteiger partial charge < -0.3 is 15.5 Å². The molecule has 7 nitrogen and oxygen atoms in total. The van der Waals surface area contributed by atoms with E-state index in [1.807, 2.05) is 0 Å². The fraction of sp³-hybridized carbons (Fsp3) is 0.667. The lowest BCUT2D eigenvalue weighted by Crippen LogP contribution is -2.54. The molecule has 0 radical (unpaired) electrons. The van der Waals surface area contributed by atoms with Crippen molar-refractivity contribution in [2.45, 2.75) is 30.4 Å². The minimum atomic E-state index is -1.80. The Morgan fingerprint density at radius 2 is 1.94 bits per heavy atom. The molecule has 1 fully saturated rings. The van der Waals surface area contributed by atoms with Crippen LogP contribution in [0.2, 0.25) is 0 Å². The van der Waals surface area contributed by atoms with Gasteiger partial charge in [0.05, 0.1) is 6.54 Å². The molecule has 0 aromatic rings. The molecule has 8 heteroatoms. The van der Waals surface area contributed by atoms with Gasteiger partial charge in [-0.25, -0.2) is 19.3 Å². The molecule has 0 bridgehead atoms. The van der Waals surface area contributed by atoms with Gasteiger partial charge >= 0.3 is 18.1 Å². The van der Waals surface area contributed by atoms with Gasteiger partial charge in [-0.2, -0.15) is 0 Å². The standard InChI is InChI=1S/C9H14N2O5S/c1-8(2,3)17-9(5(12)13)4-10-6(14)11(9)7(15)16/h4H2,1-3H3,(H,10,14)(H,12,13)(H,15,16). The third-order valence-corrected chi connectivity index (χ3v) is 3.50. The van der Waals surface area contributed by atoms with Crippen LogP contribution in [-0.4, -0.2) is 49.4 Å². The molecule has 0 aromatic carbocycles. The molecule has 96 valence electrons. The molecule has 1 aliphatic rings. The maximum atomic E-state index is 11.4. The smallest absolute Gasteiger partial charge is 0.417 e. The van der Waals surface area contributed by atoms with Crippen molar-refractivity contribution in [1.29, 1.82) is 0 Å². The normalized spacial score (nSPS) is 24.6. The number of rotatable bonds is 2. The number of carboxylic acids is 1. The molecule has 0 saturated carbocycles. The Morgan fingerprint density at radius 3 is 2.29 bits per heavy atom. The molecule has 1 saturated heterocycles. The summed E-state index contributed by atoms with van der Waals surface area (Å²) in [5, 5.41) is 20.4. The van der Waals surface area contributed by atoms with Crippen LogP contribution < -0.4 is 5.32 Å². The quantitative estimate of drug-likeness (QED) is 0.685. The summed E-state index contributed by atoms with van der Waals surface area (Å²) in [6, 6.07) is -0.906. The summed E-state index contributed by atoms with van der Waals surface area (Å²) in [6.07, 6.45) is -1.57. The van der Waals surface area contributed by atoms with Crippen LogP contribution in [0.15, 0.2) is 0 Å². The van der Waals surface area contributed by atoms with E-state index in [1.54, 1.807) is 20.8 Å². The largest absolute Gasteiger partial charge is 0.479 e. The fourth-order valence-corrected chi connectivity index (χ4v) is 3.06. The van der Waals surface area contributed by atoms with Crippen LogP contribution in [0.5, 0.6) is 0 Å². The lowest BCUT2D eigenvalue weighted by Gasteiger charge is -2.34. The second-order valence-electron chi connectivity index (χ2n) is 4.58. The maximum absolute atomic E-state index is 11.4. The summed E-state index contributed by atoms with van der Waals surface area (Å²) in [7, 11) is 0. The van der Waals surface area contributed by atoms with Gasteiger partial charge in [0.25, 0.3) is 0 Å². The van der Waals surface area contributed by atoms with Gasteiger partial charge in [-0.15, -0.1) is 11.8 Å². The first kappa shape index (κ1) is 13.6. The second kappa shape index (κ2) is 4.10. The van der Waals surface area contributed by atoms with E-state index in [9.17, 15) is 19.5 Å². The van der Waals surface area contributed by atoms with Crippen molar-refractivity contribution in [2.75, 3.05) is 6.54 Å². The molecule has 1 heterocycles. The fourth-order valence-electron chi connectivity index (χ4n) is 1.56. The minimum Gasteiger partial charge on any atom is -0.479 e. The molecule has 17 heavy (non-hydrogen) atoms. The Hall–Kier alpha value is -1.44. The van der Waals surface area contributed by atoms with Gasteiger partial charge in [0, 0.05) is 4.75 Å². The number of nitrogens with one attached hydrogen (secondary N) is 1. The van der Waals surface area contributed by atoms with Crippen LogP contribution in [0, 0.1) is 0 Å². The van der Waals surface area contributed by atoms with Crippen LogP contribution >= 0.6 is 11.8 Å². The zero-order chi connectivity index (χ0) is 13.4. The molecular formula is C9H14N2O5S. The monoisotopic (exact) mass is 262 g/mol. The number of hydrogen-bond donors (Lipinski definition) is 3. The molecule has 1 aliphatic heterocycles. The van der Waals surface area contributed by atoms with E-state index in [2.05, 4.69) is 5.32 Å². The summed E-state index contributed by atoms with van der Waals surface area (Å²) in [5.74, 6) is -1.35. The highest BCUT2D eigenvalue weighted by atomic mass is 32.2. The highest BCUT2D eigenvalue weighted by Gasteiger charge is 2.57. The first-order chi connectivity index (χ1) is 7.60. The highest BCUT2D eigenvalue weighted by Crippen LogP contribution is 2.41. The number of amides is 3. The average Bonchev–Trinajstić information content (AvgIpc) is 2.41.